The summed E-state index contributed by atoms with van der Waals surface area (Å²) in [6.45, 7) is 4.22. The van der Waals surface area contributed by atoms with E-state index in [0.717, 1.165) is 62.6 Å². The minimum atomic E-state index is 0. The predicted octanol–water partition coefficient (Wildman–Crippen LogP) is 10.5. The molecule has 0 saturated carbocycles. The second-order valence-electron chi connectivity index (χ2n) is 9.35. The molecule has 0 aliphatic heterocycles. The molecule has 0 fully saturated rings. The number of nitrogens with one attached hydrogen (secondary N) is 1. The second-order valence-corrected chi connectivity index (χ2v) is 9.35. The summed E-state index contributed by atoms with van der Waals surface area (Å²) >= 11 is 0. The number of hydrogen-bond acceptors (Lipinski definition) is 1. The minimum absolute atomic E-state index is 0. The Morgan fingerprint density at radius 3 is 2.39 bits per heavy atom. The van der Waals surface area contributed by atoms with Gasteiger partial charge in [0.1, 0.15) is 5.58 Å². The maximum absolute atomic E-state index is 7.45. The van der Waals surface area contributed by atoms with Crippen molar-refractivity contribution < 1.29 is 4.42 Å². The van der Waals surface area contributed by atoms with E-state index in [1.54, 1.807) is 0 Å². The molecule has 41 heavy (non-hydrogen) atoms. The Hall–Kier alpha value is -3.08. The molecule has 1 heterocycles. The van der Waals surface area contributed by atoms with Crippen LogP contribution in [0, 0.1) is 25.5 Å². The van der Waals surface area contributed by atoms with Crippen molar-refractivity contribution in [1.82, 2.24) is 0 Å². The van der Waals surface area contributed by atoms with Crippen LogP contribution in [-0.4, -0.2) is 45.5 Å². The minimum Gasteiger partial charge on any atom is -0.705 e. The van der Waals surface area contributed by atoms with Gasteiger partial charge in [-0.05, 0) is 30.0 Å². The van der Waals surface area contributed by atoms with E-state index in [2.05, 4.69) is 81.0 Å². The van der Waals surface area contributed by atoms with Crippen LogP contribution in [0.1, 0.15) is 42.0 Å². The summed E-state index contributed by atoms with van der Waals surface area (Å²) in [4.78, 5) is 0. The van der Waals surface area contributed by atoms with E-state index in [1.165, 1.54) is 6.20 Å². The first-order valence-corrected chi connectivity index (χ1v) is 13.7. The van der Waals surface area contributed by atoms with E-state index in [9.17, 15) is 0 Å². The Bertz CT molecular complexity index is 1610. The quantitative estimate of drug-likeness (QED) is 0.0709. The number of rotatable bonds is 9. The maximum atomic E-state index is 7.45. The molecule has 3 heteroatoms. The molecule has 1 aromatic heterocycles. The Kier molecular flexibility index (Phi) is 14.0. The molecular weight excluding hydrogens is 574 g/mol. The number of allylic oxidation sites excluding steroid dienone is 6. The predicted molar refractivity (Wildman–Crippen MR) is 176 cm³/mol. The molecule has 0 saturated heterocycles. The monoisotopic (exact) mass is 609 g/mol. The fourth-order valence-corrected chi connectivity index (χ4v) is 4.41. The molecule has 0 radical (unpaired) electrons. The number of benzene rings is 4. The smallest absolute Gasteiger partial charge is 0.705 e. The summed E-state index contributed by atoms with van der Waals surface area (Å²) in [5, 5.41) is 2.27. The standard InChI is InChI=1S/C24H19NO.C14H16.Sr/c1-17-7-5-11-21-22-12-6-10-20(24(22)26-23(17)21)14-13-19(15-16-25)18-8-3-2-4-9-18;1-2-3-4-5-6-8-11-14-12-9-7-10-13-14;/h2-9,11-13,15-16,25H,14H2,1H3;3,5-10,12-13H,2,4H2,1H3;/q2*-2;+2/b16-15-,19-13+;6-5-;. The van der Waals surface area contributed by atoms with Crippen molar-refractivity contribution in [2.75, 3.05) is 0 Å². The van der Waals surface area contributed by atoms with Gasteiger partial charge in [0.2, 0.25) is 0 Å². The third-order valence-corrected chi connectivity index (χ3v) is 6.48. The fourth-order valence-electron chi connectivity index (χ4n) is 4.41. The van der Waals surface area contributed by atoms with Gasteiger partial charge in [-0.1, -0.05) is 79.1 Å². The van der Waals surface area contributed by atoms with Crippen molar-refractivity contribution in [3.05, 3.63) is 174 Å². The molecule has 4 aromatic carbocycles. The Morgan fingerprint density at radius 1 is 0.927 bits per heavy atom. The topological polar surface area (TPSA) is 36.9 Å². The van der Waals surface area contributed by atoms with Gasteiger partial charge in [0, 0.05) is 11.0 Å². The average molecular weight is 609 g/mol. The van der Waals surface area contributed by atoms with Crippen molar-refractivity contribution in [3.63, 3.8) is 0 Å². The van der Waals surface area contributed by atoms with Gasteiger partial charge in [0.15, 0.2) is 0 Å². The fraction of sp³-hybridized carbons (Fsp3) is 0.132. The van der Waals surface area contributed by atoms with Crippen LogP contribution in [-0.2, 0) is 6.42 Å². The molecule has 2 nitrogen and oxygen atoms in total. The summed E-state index contributed by atoms with van der Waals surface area (Å²) in [7, 11) is 0. The molecule has 202 valence electrons. The third-order valence-electron chi connectivity index (χ3n) is 6.48. The SMILES string of the molecule is CC[CH-]C/C=C\C=[C-]c1ccccc1.Cc1cccc2c1oc1c(C/C=C(\C=C/[NH-])c3ccccc3)[c-]ccc12.[Sr+2]. The van der Waals surface area contributed by atoms with Gasteiger partial charge in [-0.2, -0.15) is 43.3 Å². The molecule has 0 atom stereocenters. The van der Waals surface area contributed by atoms with Crippen LogP contribution in [0.4, 0.5) is 0 Å². The van der Waals surface area contributed by atoms with E-state index < -0.39 is 0 Å². The van der Waals surface area contributed by atoms with Crippen LogP contribution in [0.5, 0.6) is 0 Å². The van der Waals surface area contributed by atoms with Gasteiger partial charge in [-0.15, -0.1) is 53.6 Å². The number of hydrogen-bond donors (Lipinski definition) is 0. The third kappa shape index (κ3) is 9.48. The number of furan rings is 1. The van der Waals surface area contributed by atoms with Crippen LogP contribution in [0.15, 0.2) is 132 Å². The normalized spacial score (nSPS) is 11.8. The van der Waals surface area contributed by atoms with Crippen LogP contribution >= 0.6 is 0 Å². The van der Waals surface area contributed by atoms with Gasteiger partial charge < -0.3 is 16.6 Å². The molecule has 0 amide bonds. The van der Waals surface area contributed by atoms with Crippen molar-refractivity contribution in [2.45, 2.75) is 33.1 Å². The average Bonchev–Trinajstić information content (AvgIpc) is 3.39. The van der Waals surface area contributed by atoms with E-state index >= 15 is 0 Å². The Balaban J connectivity index is 0.000000264. The number of fused-ring (bicyclic) bond motifs is 3. The molecular formula is C38H35NOSr-2. The van der Waals surface area contributed by atoms with E-state index in [-0.39, 0.29) is 45.5 Å². The van der Waals surface area contributed by atoms with E-state index in [0.29, 0.717) is 6.42 Å². The summed E-state index contributed by atoms with van der Waals surface area (Å²) in [6, 6.07) is 33.9. The first-order valence-electron chi connectivity index (χ1n) is 13.7. The molecule has 0 bridgehead atoms. The number of para-hydroxylation sites is 1. The van der Waals surface area contributed by atoms with Gasteiger partial charge >= 0.3 is 45.5 Å². The zero-order chi connectivity index (χ0) is 28.0. The molecule has 5 rings (SSSR count). The van der Waals surface area contributed by atoms with Crippen molar-refractivity contribution >= 4 is 73.0 Å². The molecule has 5 aromatic rings. The van der Waals surface area contributed by atoms with Crippen LogP contribution < -0.4 is 0 Å². The number of unbranched alkanes of at least 4 members (excludes halogenated alkanes) is 2. The maximum Gasteiger partial charge on any atom is 2.00 e. The van der Waals surface area contributed by atoms with Crippen molar-refractivity contribution in [2.24, 2.45) is 0 Å². The molecule has 0 aliphatic rings. The summed E-state index contributed by atoms with van der Waals surface area (Å²) < 4.78 is 6.20. The first kappa shape index (κ1) is 32.4. The largest absolute Gasteiger partial charge is 2.00 e. The van der Waals surface area contributed by atoms with E-state index in [1.807, 2.05) is 72.8 Å². The van der Waals surface area contributed by atoms with Gasteiger partial charge in [-0.25, -0.2) is 0 Å². The summed E-state index contributed by atoms with van der Waals surface area (Å²) in [5.41, 5.74) is 14.7. The Labute approximate surface area is 282 Å². The van der Waals surface area contributed by atoms with Crippen molar-refractivity contribution in [1.29, 1.82) is 0 Å². The molecule has 0 aliphatic carbocycles. The number of aryl methyl sites for hydroxylation is 1. The van der Waals surface area contributed by atoms with Crippen LogP contribution in [0.2, 0.25) is 0 Å². The summed E-state index contributed by atoms with van der Waals surface area (Å²) in [6.07, 6.45) is 19.7. The molecule has 1 N–H and O–H groups in total. The summed E-state index contributed by atoms with van der Waals surface area (Å²) in [5.74, 6) is 0. The van der Waals surface area contributed by atoms with Crippen molar-refractivity contribution in [3.8, 4) is 0 Å². The molecule has 0 spiro atoms. The second kappa shape index (κ2) is 17.7. The van der Waals surface area contributed by atoms with Crippen LogP contribution in [0.25, 0.3) is 33.2 Å². The van der Waals surface area contributed by atoms with Gasteiger partial charge in [0.25, 0.3) is 0 Å². The molecule has 0 unspecified atom stereocenters. The first-order chi connectivity index (χ1) is 19.7. The van der Waals surface area contributed by atoms with E-state index in [4.69, 9.17) is 10.2 Å². The van der Waals surface area contributed by atoms with Gasteiger partial charge in [-0.3, -0.25) is 0 Å². The zero-order valence-electron chi connectivity index (χ0n) is 23.9. The van der Waals surface area contributed by atoms with Gasteiger partial charge in [0.05, 0.1) is 0 Å². The van der Waals surface area contributed by atoms with Crippen LogP contribution in [0.3, 0.4) is 0 Å². The Morgan fingerprint density at radius 2 is 1.66 bits per heavy atom. The zero-order valence-corrected chi connectivity index (χ0v) is 27.4.